The second-order valence-electron chi connectivity index (χ2n) is 8.71. The van der Waals surface area contributed by atoms with Crippen LogP contribution in [-0.2, 0) is 12.1 Å². The van der Waals surface area contributed by atoms with E-state index in [2.05, 4.69) is 46.3 Å². The minimum Gasteiger partial charge on any atom is -0.350 e. The van der Waals surface area contributed by atoms with Crippen molar-refractivity contribution in [2.75, 3.05) is 20.1 Å². The van der Waals surface area contributed by atoms with Crippen LogP contribution >= 0.6 is 23.2 Å². The maximum Gasteiger partial charge on any atom is 0.270 e. The van der Waals surface area contributed by atoms with Crippen molar-refractivity contribution < 1.29 is 4.79 Å². The summed E-state index contributed by atoms with van der Waals surface area (Å²) in [5.74, 6) is -0.0659. The highest BCUT2D eigenvalue weighted by Gasteiger charge is 2.45. The van der Waals surface area contributed by atoms with Crippen molar-refractivity contribution in [3.63, 3.8) is 0 Å². The van der Waals surface area contributed by atoms with Gasteiger partial charge in [-0.3, -0.25) is 9.69 Å². The van der Waals surface area contributed by atoms with Crippen LogP contribution in [0, 0.1) is 0 Å². The molecular formula is C27H25Cl2N3O. The predicted octanol–water partition coefficient (Wildman–Crippen LogP) is 6.35. The third-order valence-electron chi connectivity index (χ3n) is 6.75. The molecule has 4 aromatic rings. The highest BCUT2D eigenvalue weighted by molar-refractivity contribution is 6.45. The first kappa shape index (κ1) is 22.0. The van der Waals surface area contributed by atoms with Crippen molar-refractivity contribution in [1.82, 2.24) is 14.8 Å². The van der Waals surface area contributed by atoms with Crippen LogP contribution < -0.4 is 0 Å². The average Bonchev–Trinajstić information content (AvgIpc) is 3.48. The van der Waals surface area contributed by atoms with Crippen molar-refractivity contribution in [3.8, 4) is 0 Å². The second kappa shape index (κ2) is 8.86. The molecule has 1 saturated heterocycles. The standard InChI is InChI=1S/C27H25Cl2N3O/c1-31(26(33)24-16-21-23(30-24)13-12-22(28)25(21)29)27(20-10-6-3-7-11-20)14-15-32(18-27)17-19-8-4-2-5-9-19/h2-13,16,30H,14-15,17-18H2,1H3. The molecule has 6 heteroatoms. The summed E-state index contributed by atoms with van der Waals surface area (Å²) in [6.45, 7) is 2.54. The number of amides is 1. The van der Waals surface area contributed by atoms with Crippen LogP contribution in [-0.4, -0.2) is 40.8 Å². The Morgan fingerprint density at radius 2 is 1.73 bits per heavy atom. The highest BCUT2D eigenvalue weighted by atomic mass is 35.5. The van der Waals surface area contributed by atoms with E-state index in [-0.39, 0.29) is 5.91 Å². The smallest absolute Gasteiger partial charge is 0.270 e. The van der Waals surface area contributed by atoms with E-state index in [4.69, 9.17) is 23.2 Å². The number of rotatable bonds is 5. The Bertz CT molecular complexity index is 1290. The first-order chi connectivity index (χ1) is 16.0. The van der Waals surface area contributed by atoms with Gasteiger partial charge in [0.25, 0.3) is 5.91 Å². The number of fused-ring (bicyclic) bond motifs is 1. The van der Waals surface area contributed by atoms with E-state index >= 15 is 0 Å². The molecule has 1 atom stereocenters. The van der Waals surface area contributed by atoms with Crippen molar-refractivity contribution >= 4 is 40.0 Å². The molecule has 1 N–H and O–H groups in total. The van der Waals surface area contributed by atoms with Crippen molar-refractivity contribution in [2.24, 2.45) is 0 Å². The van der Waals surface area contributed by atoms with Gasteiger partial charge in [0.05, 0.1) is 15.6 Å². The van der Waals surface area contributed by atoms with E-state index < -0.39 is 5.54 Å². The molecule has 33 heavy (non-hydrogen) atoms. The number of carbonyl (C=O) groups is 1. The van der Waals surface area contributed by atoms with Crippen LogP contribution in [0.5, 0.6) is 0 Å². The number of hydrogen-bond donors (Lipinski definition) is 1. The van der Waals surface area contributed by atoms with Crippen LogP contribution in [0.25, 0.3) is 10.9 Å². The largest absolute Gasteiger partial charge is 0.350 e. The molecule has 0 spiro atoms. The zero-order chi connectivity index (χ0) is 23.0. The Balaban J connectivity index is 1.48. The molecule has 1 fully saturated rings. The summed E-state index contributed by atoms with van der Waals surface area (Å²) < 4.78 is 0. The summed E-state index contributed by atoms with van der Waals surface area (Å²) in [4.78, 5) is 21.3. The molecule has 0 aliphatic carbocycles. The van der Waals surface area contributed by atoms with Crippen LogP contribution in [0.3, 0.4) is 0 Å². The lowest BCUT2D eigenvalue weighted by atomic mass is 9.87. The zero-order valence-corrected chi connectivity index (χ0v) is 19.9. The van der Waals surface area contributed by atoms with Crippen LogP contribution in [0.1, 0.15) is 28.0 Å². The fourth-order valence-electron chi connectivity index (χ4n) is 4.93. The number of benzene rings is 3. The number of aromatic amines is 1. The quantitative estimate of drug-likeness (QED) is 0.363. The summed E-state index contributed by atoms with van der Waals surface area (Å²) in [7, 11) is 1.90. The van der Waals surface area contributed by atoms with Gasteiger partial charge in [-0.05, 0) is 35.7 Å². The fraction of sp³-hybridized carbons (Fsp3) is 0.222. The third kappa shape index (κ3) is 4.04. The van der Waals surface area contributed by atoms with Gasteiger partial charge in [-0.25, -0.2) is 0 Å². The molecule has 3 aromatic carbocycles. The minimum absolute atomic E-state index is 0.0659. The van der Waals surface area contributed by atoms with Gasteiger partial charge in [-0.15, -0.1) is 0 Å². The molecule has 1 aromatic heterocycles. The van der Waals surface area contributed by atoms with Crippen molar-refractivity contribution in [1.29, 1.82) is 0 Å². The van der Waals surface area contributed by atoms with Crippen LogP contribution in [0.4, 0.5) is 0 Å². The maximum absolute atomic E-state index is 13.7. The SMILES string of the molecule is CN(C(=O)c1cc2c(Cl)c(Cl)ccc2[nH]1)C1(c2ccccc2)CCN(Cc2ccccc2)C1. The number of likely N-dealkylation sites (tertiary alicyclic amines) is 1. The van der Waals surface area contributed by atoms with Gasteiger partial charge in [-0.1, -0.05) is 83.9 Å². The lowest BCUT2D eigenvalue weighted by molar-refractivity contribution is 0.0556. The van der Waals surface area contributed by atoms with Crippen LogP contribution in [0.15, 0.2) is 78.9 Å². The van der Waals surface area contributed by atoms with Crippen molar-refractivity contribution in [3.05, 3.63) is 106 Å². The van der Waals surface area contributed by atoms with Gasteiger partial charge < -0.3 is 9.88 Å². The summed E-state index contributed by atoms with van der Waals surface area (Å²) in [5.41, 5.74) is 3.30. The lowest BCUT2D eigenvalue weighted by Crippen LogP contribution is -2.49. The van der Waals surface area contributed by atoms with Gasteiger partial charge in [0.15, 0.2) is 0 Å². The Hall–Kier alpha value is -2.79. The summed E-state index contributed by atoms with van der Waals surface area (Å²) >= 11 is 12.6. The summed E-state index contributed by atoms with van der Waals surface area (Å²) in [6.07, 6.45) is 0.860. The number of halogens is 2. The maximum atomic E-state index is 13.7. The average molecular weight is 478 g/mol. The molecule has 1 aliphatic rings. The van der Waals surface area contributed by atoms with E-state index in [1.54, 1.807) is 12.1 Å². The van der Waals surface area contributed by atoms with Gasteiger partial charge >= 0.3 is 0 Å². The first-order valence-corrected chi connectivity index (χ1v) is 11.8. The van der Waals surface area contributed by atoms with Gasteiger partial charge in [0.1, 0.15) is 5.69 Å². The minimum atomic E-state index is -0.425. The van der Waals surface area contributed by atoms with Crippen LogP contribution in [0.2, 0.25) is 10.0 Å². The van der Waals surface area contributed by atoms with Gasteiger partial charge in [0.2, 0.25) is 0 Å². The summed E-state index contributed by atoms with van der Waals surface area (Å²) in [6, 6.07) is 26.2. The number of nitrogens with one attached hydrogen (secondary N) is 1. The number of carbonyl (C=O) groups excluding carboxylic acids is 1. The predicted molar refractivity (Wildman–Crippen MR) is 135 cm³/mol. The number of aromatic nitrogens is 1. The second-order valence-corrected chi connectivity index (χ2v) is 9.50. The van der Waals surface area contributed by atoms with E-state index in [1.807, 2.05) is 42.3 Å². The summed E-state index contributed by atoms with van der Waals surface area (Å²) in [5, 5.41) is 1.69. The number of likely N-dealkylation sites (N-methyl/N-ethyl adjacent to an activating group) is 1. The molecule has 168 valence electrons. The molecule has 1 aliphatic heterocycles. The van der Waals surface area contributed by atoms with E-state index in [0.717, 1.165) is 42.5 Å². The molecule has 5 rings (SSSR count). The molecule has 0 radical (unpaired) electrons. The van der Waals surface area contributed by atoms with Gasteiger partial charge in [0, 0.05) is 37.6 Å². The van der Waals surface area contributed by atoms with E-state index in [1.165, 1.54) is 5.56 Å². The molecule has 0 saturated carbocycles. The molecule has 1 unspecified atom stereocenters. The normalized spacial score (nSPS) is 18.6. The molecular weight excluding hydrogens is 453 g/mol. The number of H-pyrrole nitrogens is 1. The Morgan fingerprint density at radius 1 is 1.03 bits per heavy atom. The topological polar surface area (TPSA) is 39.3 Å². The molecule has 2 heterocycles. The number of hydrogen-bond acceptors (Lipinski definition) is 2. The molecule has 1 amide bonds. The lowest BCUT2D eigenvalue weighted by Gasteiger charge is -2.39. The highest BCUT2D eigenvalue weighted by Crippen LogP contribution is 2.39. The monoisotopic (exact) mass is 477 g/mol. The Morgan fingerprint density at radius 3 is 2.45 bits per heavy atom. The van der Waals surface area contributed by atoms with E-state index in [9.17, 15) is 4.79 Å². The van der Waals surface area contributed by atoms with Crippen molar-refractivity contribution in [2.45, 2.75) is 18.5 Å². The third-order valence-corrected chi connectivity index (χ3v) is 7.57. The molecule has 0 bridgehead atoms. The Kier molecular flexibility index (Phi) is 5.92. The zero-order valence-electron chi connectivity index (χ0n) is 18.4. The van der Waals surface area contributed by atoms with Gasteiger partial charge in [-0.2, -0.15) is 0 Å². The molecule has 4 nitrogen and oxygen atoms in total. The first-order valence-electron chi connectivity index (χ1n) is 11.0. The number of nitrogens with zero attached hydrogens (tertiary/aromatic N) is 2. The fourth-order valence-corrected chi connectivity index (χ4v) is 5.32. The Labute approximate surface area is 203 Å². The van der Waals surface area contributed by atoms with E-state index in [0.29, 0.717) is 15.7 Å².